The summed E-state index contributed by atoms with van der Waals surface area (Å²) in [5, 5.41) is 0. The number of Topliss-reactive ketones (excluding diaryl/α,β-unsaturated/α-hetero) is 2. The first kappa shape index (κ1) is 25.1. The van der Waals surface area contributed by atoms with Gasteiger partial charge in [-0.25, -0.2) is 9.97 Å². The van der Waals surface area contributed by atoms with Gasteiger partial charge >= 0.3 is 0 Å². The fraction of sp³-hybridized carbons (Fsp3) is 0.571. The predicted molar refractivity (Wildman–Crippen MR) is 135 cm³/mol. The van der Waals surface area contributed by atoms with Crippen LogP contribution in [0.5, 0.6) is 0 Å². The molecule has 0 amide bonds. The fourth-order valence-corrected chi connectivity index (χ4v) is 4.93. The maximum atomic E-state index is 12.7. The van der Waals surface area contributed by atoms with E-state index in [9.17, 15) is 9.59 Å². The molecule has 1 aliphatic rings. The first-order chi connectivity index (χ1) is 15.9. The van der Waals surface area contributed by atoms with Crippen LogP contribution in [0.15, 0.2) is 18.2 Å². The van der Waals surface area contributed by atoms with Gasteiger partial charge in [-0.2, -0.15) is 0 Å². The molecule has 0 N–H and O–H groups in total. The standard InChI is InChI=1S/C28H39N3O2/c1-6-20-14-13-15-21(7-2)26(20)27-29-19(5)22(18-23(24(32)8-3)25(33)9-4)28(30-27)31-16-11-10-12-17-31/h13-15,23H,6-12,16-18H2,1-5H3. The van der Waals surface area contributed by atoms with E-state index >= 15 is 0 Å². The number of benzene rings is 1. The number of carbonyl (C=O) groups is 2. The molecule has 178 valence electrons. The van der Waals surface area contributed by atoms with Gasteiger partial charge in [-0.05, 0) is 56.6 Å². The van der Waals surface area contributed by atoms with E-state index in [0.29, 0.717) is 19.3 Å². The second kappa shape index (κ2) is 11.5. The molecule has 0 saturated carbocycles. The Morgan fingerprint density at radius 3 is 2.00 bits per heavy atom. The summed E-state index contributed by atoms with van der Waals surface area (Å²) in [6.45, 7) is 11.9. The summed E-state index contributed by atoms with van der Waals surface area (Å²) < 4.78 is 0. The van der Waals surface area contributed by atoms with Crippen molar-refractivity contribution >= 4 is 17.4 Å². The van der Waals surface area contributed by atoms with Crippen LogP contribution in [-0.2, 0) is 28.9 Å². The largest absolute Gasteiger partial charge is 0.356 e. The maximum Gasteiger partial charge on any atom is 0.162 e. The van der Waals surface area contributed by atoms with Gasteiger partial charge in [-0.3, -0.25) is 9.59 Å². The molecule has 3 rings (SSSR count). The van der Waals surface area contributed by atoms with Crippen LogP contribution in [0.25, 0.3) is 11.4 Å². The summed E-state index contributed by atoms with van der Waals surface area (Å²) in [6.07, 6.45) is 6.48. The van der Waals surface area contributed by atoms with Crippen LogP contribution in [0.3, 0.4) is 0 Å². The Hall–Kier alpha value is -2.56. The van der Waals surface area contributed by atoms with E-state index in [1.54, 1.807) is 0 Å². The zero-order valence-electron chi connectivity index (χ0n) is 21.0. The van der Waals surface area contributed by atoms with Gasteiger partial charge in [0.2, 0.25) is 0 Å². The van der Waals surface area contributed by atoms with Gasteiger partial charge in [0, 0.05) is 42.8 Å². The Morgan fingerprint density at radius 1 is 0.909 bits per heavy atom. The smallest absolute Gasteiger partial charge is 0.162 e. The molecule has 1 aromatic carbocycles. The molecule has 0 aliphatic carbocycles. The normalized spacial score (nSPS) is 14.1. The SMILES string of the molecule is CCC(=O)C(Cc1c(C)nc(-c2c(CC)cccc2CC)nc1N1CCCCC1)C(=O)CC. The molecule has 0 bridgehead atoms. The van der Waals surface area contributed by atoms with Crippen molar-refractivity contribution in [2.45, 2.75) is 86.0 Å². The van der Waals surface area contributed by atoms with Crippen molar-refractivity contribution in [1.82, 2.24) is 9.97 Å². The summed E-state index contributed by atoms with van der Waals surface area (Å²) in [5.41, 5.74) is 5.49. The Bertz CT molecular complexity index is 955. The van der Waals surface area contributed by atoms with Crippen molar-refractivity contribution in [2.75, 3.05) is 18.0 Å². The van der Waals surface area contributed by atoms with Crippen LogP contribution in [0.4, 0.5) is 5.82 Å². The Morgan fingerprint density at radius 2 is 1.48 bits per heavy atom. The number of hydrogen-bond acceptors (Lipinski definition) is 5. The van der Waals surface area contributed by atoms with E-state index in [1.807, 2.05) is 20.8 Å². The van der Waals surface area contributed by atoms with Crippen molar-refractivity contribution in [3.8, 4) is 11.4 Å². The topological polar surface area (TPSA) is 63.2 Å². The molecule has 5 heteroatoms. The summed E-state index contributed by atoms with van der Waals surface area (Å²) in [5.74, 6) is 1.11. The van der Waals surface area contributed by atoms with Crippen molar-refractivity contribution < 1.29 is 9.59 Å². The average molecular weight is 450 g/mol. The van der Waals surface area contributed by atoms with Gasteiger partial charge in [0.15, 0.2) is 5.82 Å². The van der Waals surface area contributed by atoms with Gasteiger partial charge < -0.3 is 4.90 Å². The molecule has 0 unspecified atom stereocenters. The van der Waals surface area contributed by atoms with E-state index in [-0.39, 0.29) is 11.6 Å². The Balaban J connectivity index is 2.17. The van der Waals surface area contributed by atoms with Crippen molar-refractivity contribution in [2.24, 2.45) is 5.92 Å². The molecular formula is C28H39N3O2. The minimum absolute atomic E-state index is 0.0134. The van der Waals surface area contributed by atoms with Crippen molar-refractivity contribution in [1.29, 1.82) is 0 Å². The lowest BCUT2D eigenvalue weighted by molar-refractivity contribution is -0.132. The van der Waals surface area contributed by atoms with Gasteiger partial charge in [0.1, 0.15) is 17.4 Å². The zero-order valence-corrected chi connectivity index (χ0v) is 21.0. The molecule has 1 saturated heterocycles. The summed E-state index contributed by atoms with van der Waals surface area (Å²) in [4.78, 5) is 37.9. The quantitative estimate of drug-likeness (QED) is 0.436. The lowest BCUT2D eigenvalue weighted by Gasteiger charge is -2.31. The van der Waals surface area contributed by atoms with E-state index in [1.165, 1.54) is 17.5 Å². The second-order valence-electron chi connectivity index (χ2n) is 9.04. The van der Waals surface area contributed by atoms with E-state index in [0.717, 1.165) is 67.2 Å². The third-order valence-electron chi connectivity index (χ3n) is 6.95. The lowest BCUT2D eigenvalue weighted by atomic mass is 9.88. The van der Waals surface area contributed by atoms with Gasteiger partial charge in [-0.1, -0.05) is 45.9 Å². The van der Waals surface area contributed by atoms with Crippen LogP contribution in [0, 0.1) is 12.8 Å². The van der Waals surface area contributed by atoms with Crippen LogP contribution in [0.2, 0.25) is 0 Å². The average Bonchev–Trinajstić information content (AvgIpc) is 2.86. The number of aryl methyl sites for hydroxylation is 3. The van der Waals surface area contributed by atoms with Crippen molar-refractivity contribution in [3.63, 3.8) is 0 Å². The molecule has 33 heavy (non-hydrogen) atoms. The molecule has 0 radical (unpaired) electrons. The minimum atomic E-state index is -0.606. The second-order valence-corrected chi connectivity index (χ2v) is 9.04. The zero-order chi connectivity index (χ0) is 24.0. The predicted octanol–water partition coefficient (Wildman–Crippen LogP) is 5.68. The molecular weight excluding hydrogens is 410 g/mol. The van der Waals surface area contributed by atoms with Crippen molar-refractivity contribution in [3.05, 3.63) is 40.6 Å². The molecule has 0 atom stereocenters. The number of nitrogens with zero attached hydrogens (tertiary/aromatic N) is 3. The number of aromatic nitrogens is 2. The summed E-state index contributed by atoms with van der Waals surface area (Å²) in [7, 11) is 0. The van der Waals surface area contributed by atoms with E-state index in [2.05, 4.69) is 36.9 Å². The van der Waals surface area contributed by atoms with Crippen LogP contribution < -0.4 is 4.90 Å². The van der Waals surface area contributed by atoms with Crippen LogP contribution >= 0.6 is 0 Å². The molecule has 2 heterocycles. The Kier molecular flexibility index (Phi) is 8.76. The van der Waals surface area contributed by atoms with Gasteiger partial charge in [0.25, 0.3) is 0 Å². The highest BCUT2D eigenvalue weighted by atomic mass is 16.1. The van der Waals surface area contributed by atoms with E-state index < -0.39 is 5.92 Å². The van der Waals surface area contributed by atoms with Crippen LogP contribution in [-0.4, -0.2) is 34.6 Å². The molecule has 2 aromatic rings. The first-order valence-corrected chi connectivity index (χ1v) is 12.7. The van der Waals surface area contributed by atoms with Gasteiger partial charge in [0.05, 0.1) is 5.92 Å². The molecule has 1 aromatic heterocycles. The Labute approximate surface area is 199 Å². The minimum Gasteiger partial charge on any atom is -0.356 e. The lowest BCUT2D eigenvalue weighted by Crippen LogP contribution is -2.33. The van der Waals surface area contributed by atoms with Crippen LogP contribution in [0.1, 0.15) is 82.2 Å². The highest BCUT2D eigenvalue weighted by Crippen LogP contribution is 2.33. The van der Waals surface area contributed by atoms with Gasteiger partial charge in [-0.15, -0.1) is 0 Å². The highest BCUT2D eigenvalue weighted by molar-refractivity contribution is 6.02. The number of anilines is 1. The summed E-state index contributed by atoms with van der Waals surface area (Å²) >= 11 is 0. The molecule has 5 nitrogen and oxygen atoms in total. The third kappa shape index (κ3) is 5.51. The maximum absolute atomic E-state index is 12.7. The third-order valence-corrected chi connectivity index (χ3v) is 6.95. The fourth-order valence-electron chi connectivity index (χ4n) is 4.93. The molecule has 0 spiro atoms. The number of ketones is 2. The molecule has 1 aliphatic heterocycles. The van der Waals surface area contributed by atoms with E-state index in [4.69, 9.17) is 9.97 Å². The monoisotopic (exact) mass is 449 g/mol. The summed E-state index contributed by atoms with van der Waals surface area (Å²) in [6, 6.07) is 6.44. The number of carbonyl (C=O) groups excluding carboxylic acids is 2. The first-order valence-electron chi connectivity index (χ1n) is 12.7. The number of piperidine rings is 1. The molecule has 1 fully saturated rings. The number of rotatable bonds is 10. The highest BCUT2D eigenvalue weighted by Gasteiger charge is 2.29. The number of hydrogen-bond donors (Lipinski definition) is 0.